The zero-order valence-corrected chi connectivity index (χ0v) is 35.7. The Labute approximate surface area is 381 Å². The first-order valence-corrected chi connectivity index (χ1v) is 22.6. The van der Waals surface area contributed by atoms with Crippen LogP contribution in [0.15, 0.2) is 215 Å². The fourth-order valence-corrected chi connectivity index (χ4v) is 10.6. The van der Waals surface area contributed by atoms with Crippen molar-refractivity contribution in [2.45, 2.75) is 0 Å². The van der Waals surface area contributed by atoms with Crippen LogP contribution < -0.4 is 0 Å². The number of aromatic nitrogens is 4. The molecule has 310 valence electrons. The predicted octanol–water partition coefficient (Wildman–Crippen LogP) is 16.4. The Hall–Kier alpha value is -9.13. The second kappa shape index (κ2) is 13.7. The Morgan fingerprint density at radius 2 is 0.881 bits per heavy atom. The van der Waals surface area contributed by atoms with E-state index in [4.69, 9.17) is 23.8 Å². The molecule has 0 saturated heterocycles. The summed E-state index contributed by atoms with van der Waals surface area (Å²) in [6, 6.07) is 72.9. The summed E-state index contributed by atoms with van der Waals surface area (Å²) in [5, 5.41) is 15.8. The van der Waals surface area contributed by atoms with Gasteiger partial charge >= 0.3 is 0 Å². The molecule has 15 rings (SSSR count). The molecule has 6 heteroatoms. The lowest BCUT2D eigenvalue weighted by atomic mass is 9.97. The second-order valence-corrected chi connectivity index (χ2v) is 17.5. The lowest BCUT2D eigenvalue weighted by molar-refractivity contribution is 0.669. The van der Waals surface area contributed by atoms with Crippen LogP contribution >= 0.6 is 0 Å². The number of rotatable bonds is 4. The Bertz CT molecular complexity index is 4590. The molecule has 4 aromatic heterocycles. The van der Waals surface area contributed by atoms with Gasteiger partial charge in [-0.3, -0.25) is 0 Å². The summed E-state index contributed by atoms with van der Waals surface area (Å²) in [6.07, 6.45) is 0. The monoisotopic (exact) mass is 854 g/mol. The molecule has 0 spiro atoms. The van der Waals surface area contributed by atoms with Gasteiger partial charge in [0.05, 0.1) is 11.0 Å². The molecule has 4 heterocycles. The molecule has 0 unspecified atom stereocenters. The van der Waals surface area contributed by atoms with Gasteiger partial charge in [-0.15, -0.1) is 0 Å². The highest BCUT2D eigenvalue weighted by Crippen LogP contribution is 2.44. The zero-order valence-electron chi connectivity index (χ0n) is 35.7. The number of fused-ring (bicyclic) bond motifs is 15. The summed E-state index contributed by atoms with van der Waals surface area (Å²) in [4.78, 5) is 16.0. The SMILES string of the molecule is c1ccc2cc(-c3nc(-c4ccc5c(c4)oc4ccccc45)nc(-c4cc5oc6ccccc6c5c5ccc(-n6c7cc8ccccc8cc7c7c8ccccc8ccc76)cc45)n3)ccc2c1. The molecular weight excluding hydrogens is 821 g/mol. The van der Waals surface area contributed by atoms with Gasteiger partial charge in [0.25, 0.3) is 0 Å². The van der Waals surface area contributed by atoms with Crippen molar-refractivity contribution in [3.05, 3.63) is 206 Å². The van der Waals surface area contributed by atoms with Crippen molar-refractivity contribution in [1.29, 1.82) is 0 Å². The standard InChI is InChI=1S/C61H34N4O2/c1-2-13-37-29-40(22-21-35(37)11-1)59-62-60(41-23-26-45-44-17-7-9-19-53(44)66-55(45)32-41)64-61(63-59)49-34-56-58(47-18-8-10-20-54(47)67-56)46-27-25-42(33-48(46)49)65-51-28-24-36-12-5-6-16-43(36)57(51)50-30-38-14-3-4-15-39(38)31-52(50)65/h1-34H. The fourth-order valence-electron chi connectivity index (χ4n) is 10.6. The highest BCUT2D eigenvalue weighted by atomic mass is 16.3. The summed E-state index contributed by atoms with van der Waals surface area (Å²) in [7, 11) is 0. The van der Waals surface area contributed by atoms with Gasteiger partial charge in [0, 0.05) is 54.7 Å². The Morgan fingerprint density at radius 3 is 1.70 bits per heavy atom. The van der Waals surface area contributed by atoms with Gasteiger partial charge in [0.15, 0.2) is 17.5 Å². The number of furan rings is 2. The topological polar surface area (TPSA) is 69.9 Å². The van der Waals surface area contributed by atoms with Crippen LogP contribution in [-0.2, 0) is 0 Å². The molecule has 0 N–H and O–H groups in total. The molecule has 0 bridgehead atoms. The minimum atomic E-state index is 0.543. The van der Waals surface area contributed by atoms with E-state index >= 15 is 0 Å². The van der Waals surface area contributed by atoms with Crippen LogP contribution in [-0.4, -0.2) is 19.5 Å². The van der Waals surface area contributed by atoms with Gasteiger partial charge in [-0.05, 0) is 110 Å². The van der Waals surface area contributed by atoms with Gasteiger partial charge in [0.2, 0.25) is 0 Å². The maximum Gasteiger partial charge on any atom is 0.164 e. The molecule has 6 nitrogen and oxygen atoms in total. The number of hydrogen-bond donors (Lipinski definition) is 0. The smallest absolute Gasteiger partial charge is 0.164 e. The molecule has 0 aliphatic rings. The van der Waals surface area contributed by atoms with E-state index in [2.05, 4.69) is 174 Å². The lowest BCUT2D eigenvalue weighted by Crippen LogP contribution is -2.01. The maximum atomic E-state index is 6.69. The van der Waals surface area contributed by atoms with Crippen LogP contribution in [0, 0.1) is 0 Å². The number of para-hydroxylation sites is 2. The molecule has 0 aliphatic carbocycles. The van der Waals surface area contributed by atoms with Crippen molar-refractivity contribution in [1.82, 2.24) is 19.5 Å². The second-order valence-electron chi connectivity index (χ2n) is 17.5. The van der Waals surface area contributed by atoms with E-state index in [0.717, 1.165) is 98.8 Å². The van der Waals surface area contributed by atoms with Gasteiger partial charge in [-0.1, -0.05) is 140 Å². The van der Waals surface area contributed by atoms with Crippen LogP contribution in [0.25, 0.3) is 149 Å². The zero-order chi connectivity index (χ0) is 43.7. The molecule has 0 amide bonds. The van der Waals surface area contributed by atoms with E-state index in [1.165, 1.54) is 32.3 Å². The molecule has 15 aromatic rings. The Balaban J connectivity index is 1.03. The first kappa shape index (κ1) is 36.2. The van der Waals surface area contributed by atoms with Crippen molar-refractivity contribution < 1.29 is 8.83 Å². The van der Waals surface area contributed by atoms with Crippen molar-refractivity contribution in [3.8, 4) is 39.9 Å². The van der Waals surface area contributed by atoms with Gasteiger partial charge in [-0.2, -0.15) is 0 Å². The molecule has 0 fully saturated rings. The van der Waals surface area contributed by atoms with Crippen molar-refractivity contribution in [2.75, 3.05) is 0 Å². The van der Waals surface area contributed by atoms with E-state index < -0.39 is 0 Å². The van der Waals surface area contributed by atoms with E-state index in [1.54, 1.807) is 0 Å². The minimum absolute atomic E-state index is 0.543. The molecule has 0 aliphatic heterocycles. The van der Waals surface area contributed by atoms with Gasteiger partial charge in [0.1, 0.15) is 22.3 Å². The summed E-state index contributed by atoms with van der Waals surface area (Å²) < 4.78 is 15.5. The van der Waals surface area contributed by atoms with E-state index in [1.807, 2.05) is 36.4 Å². The maximum absolute atomic E-state index is 6.69. The molecule has 0 saturated carbocycles. The molecule has 67 heavy (non-hydrogen) atoms. The van der Waals surface area contributed by atoms with Crippen LogP contribution in [0.2, 0.25) is 0 Å². The molecule has 11 aromatic carbocycles. The summed E-state index contributed by atoms with van der Waals surface area (Å²) in [6.45, 7) is 0. The van der Waals surface area contributed by atoms with E-state index in [9.17, 15) is 0 Å². The van der Waals surface area contributed by atoms with Crippen LogP contribution in [0.4, 0.5) is 0 Å². The molecule has 0 atom stereocenters. The Morgan fingerprint density at radius 1 is 0.299 bits per heavy atom. The number of hydrogen-bond acceptors (Lipinski definition) is 5. The normalized spacial score (nSPS) is 12.2. The third-order valence-corrected chi connectivity index (χ3v) is 13.8. The Kier molecular flexibility index (Phi) is 7.40. The molecule has 0 radical (unpaired) electrons. The average Bonchev–Trinajstić information content (AvgIpc) is 4.06. The van der Waals surface area contributed by atoms with Crippen LogP contribution in [0.3, 0.4) is 0 Å². The molecular formula is C61H34N4O2. The van der Waals surface area contributed by atoms with Crippen LogP contribution in [0.5, 0.6) is 0 Å². The first-order valence-electron chi connectivity index (χ1n) is 22.6. The summed E-state index contributed by atoms with van der Waals surface area (Å²) >= 11 is 0. The third-order valence-electron chi connectivity index (χ3n) is 13.8. The highest BCUT2D eigenvalue weighted by molar-refractivity contribution is 6.25. The van der Waals surface area contributed by atoms with Crippen LogP contribution in [0.1, 0.15) is 0 Å². The average molecular weight is 855 g/mol. The van der Waals surface area contributed by atoms with Gasteiger partial charge < -0.3 is 13.4 Å². The van der Waals surface area contributed by atoms with E-state index in [0.29, 0.717) is 17.5 Å². The minimum Gasteiger partial charge on any atom is -0.456 e. The highest BCUT2D eigenvalue weighted by Gasteiger charge is 2.22. The first-order chi connectivity index (χ1) is 33.2. The van der Waals surface area contributed by atoms with E-state index in [-0.39, 0.29) is 0 Å². The predicted molar refractivity (Wildman–Crippen MR) is 275 cm³/mol. The summed E-state index contributed by atoms with van der Waals surface area (Å²) in [5.74, 6) is 1.66. The fraction of sp³-hybridized carbons (Fsp3) is 0. The quantitative estimate of drug-likeness (QED) is 0.176. The van der Waals surface area contributed by atoms with Gasteiger partial charge in [-0.25, -0.2) is 15.0 Å². The third kappa shape index (κ3) is 5.41. The number of benzene rings is 11. The lowest BCUT2D eigenvalue weighted by Gasteiger charge is -2.14. The van der Waals surface area contributed by atoms with Crippen molar-refractivity contribution in [3.63, 3.8) is 0 Å². The van der Waals surface area contributed by atoms with Crippen molar-refractivity contribution >= 4 is 109 Å². The number of nitrogens with zero attached hydrogens (tertiary/aromatic N) is 4. The van der Waals surface area contributed by atoms with Crippen molar-refractivity contribution in [2.24, 2.45) is 0 Å². The largest absolute Gasteiger partial charge is 0.456 e. The summed E-state index contributed by atoms with van der Waals surface area (Å²) in [5.41, 5.74) is 9.10.